The van der Waals surface area contributed by atoms with Crippen molar-refractivity contribution in [3.8, 4) is 11.6 Å². The Morgan fingerprint density at radius 1 is 1.10 bits per heavy atom. The number of halogens is 3. The zero-order valence-corrected chi connectivity index (χ0v) is 15.1. The van der Waals surface area contributed by atoms with Gasteiger partial charge in [-0.1, -0.05) is 12.5 Å². The van der Waals surface area contributed by atoms with Crippen molar-refractivity contribution in [1.29, 1.82) is 0 Å². The Labute approximate surface area is 165 Å². The Bertz CT molecular complexity index is 1010. The Morgan fingerprint density at radius 3 is 2.52 bits per heavy atom. The number of ether oxygens (including phenoxy) is 2. The molecule has 156 valence electrons. The highest BCUT2D eigenvalue weighted by Crippen LogP contribution is 2.37. The quantitative estimate of drug-likeness (QED) is 0.685. The van der Waals surface area contributed by atoms with Gasteiger partial charge in [-0.3, -0.25) is 0 Å². The molecular weight excluding hydrogens is 389 g/mol. The van der Waals surface area contributed by atoms with Crippen LogP contribution < -0.4 is 5.32 Å². The van der Waals surface area contributed by atoms with E-state index in [-0.39, 0.29) is 30.5 Å². The zero-order valence-electron chi connectivity index (χ0n) is 15.1. The van der Waals surface area contributed by atoms with Crippen LogP contribution in [0.4, 0.5) is 19.2 Å². The first-order valence-electron chi connectivity index (χ1n) is 8.61. The summed E-state index contributed by atoms with van der Waals surface area (Å²) >= 11 is 0. The fourth-order valence-electron chi connectivity index (χ4n) is 3.05. The first-order chi connectivity index (χ1) is 13.3. The summed E-state index contributed by atoms with van der Waals surface area (Å²) in [6, 6.07) is 4.50. The minimum atomic E-state index is -4.52. The predicted molar refractivity (Wildman–Crippen MR) is 100 cm³/mol. The first kappa shape index (κ1) is 21.0. The van der Waals surface area contributed by atoms with E-state index in [0.717, 1.165) is 6.07 Å². The molecule has 7 nitrogen and oxygen atoms in total. The Hall–Kier alpha value is -2.72. The number of aromatic nitrogens is 3. The molecule has 1 aliphatic rings. The van der Waals surface area contributed by atoms with Crippen LogP contribution in [0.1, 0.15) is 24.1 Å². The SMILES string of the molecule is C.Cc1cc(C(F)(F)F)c2nc(-c3nnc(NCC4OCCO4)o3)cc(C)c2c1. The van der Waals surface area contributed by atoms with E-state index >= 15 is 0 Å². The molecule has 1 fully saturated rings. The minimum absolute atomic E-state index is 0. The summed E-state index contributed by atoms with van der Waals surface area (Å²) in [6.45, 7) is 4.68. The van der Waals surface area contributed by atoms with Crippen LogP contribution in [0.3, 0.4) is 0 Å². The molecule has 0 atom stereocenters. The molecule has 3 heterocycles. The topological polar surface area (TPSA) is 82.3 Å². The van der Waals surface area contributed by atoms with Crippen molar-refractivity contribution in [1.82, 2.24) is 15.2 Å². The minimum Gasteiger partial charge on any atom is -0.402 e. The van der Waals surface area contributed by atoms with Gasteiger partial charge < -0.3 is 19.2 Å². The third kappa shape index (κ3) is 4.33. The molecule has 10 heteroatoms. The van der Waals surface area contributed by atoms with Crippen LogP contribution in [-0.2, 0) is 15.7 Å². The van der Waals surface area contributed by atoms with Gasteiger partial charge in [0.25, 0.3) is 5.89 Å². The van der Waals surface area contributed by atoms with Crippen molar-refractivity contribution in [2.24, 2.45) is 0 Å². The molecule has 0 amide bonds. The lowest BCUT2D eigenvalue weighted by molar-refractivity contribution is -0.136. The fourth-order valence-corrected chi connectivity index (χ4v) is 3.05. The van der Waals surface area contributed by atoms with E-state index in [1.807, 2.05) is 0 Å². The average Bonchev–Trinajstić information content (AvgIpc) is 3.30. The maximum Gasteiger partial charge on any atom is 0.418 e. The molecule has 0 spiro atoms. The van der Waals surface area contributed by atoms with E-state index in [1.54, 1.807) is 26.0 Å². The van der Waals surface area contributed by atoms with Crippen LogP contribution in [0.25, 0.3) is 22.5 Å². The second kappa shape index (κ2) is 7.96. The third-order valence-corrected chi connectivity index (χ3v) is 4.32. The van der Waals surface area contributed by atoms with Gasteiger partial charge in [-0.05, 0) is 43.2 Å². The van der Waals surface area contributed by atoms with Crippen LogP contribution in [0.5, 0.6) is 0 Å². The van der Waals surface area contributed by atoms with E-state index in [4.69, 9.17) is 13.9 Å². The Kier molecular flexibility index (Phi) is 5.76. The van der Waals surface area contributed by atoms with Gasteiger partial charge in [-0.15, -0.1) is 5.10 Å². The van der Waals surface area contributed by atoms with Crippen molar-refractivity contribution in [3.05, 3.63) is 34.9 Å². The molecule has 1 N–H and O–H groups in total. The van der Waals surface area contributed by atoms with E-state index in [9.17, 15) is 13.2 Å². The third-order valence-electron chi connectivity index (χ3n) is 4.32. The summed E-state index contributed by atoms with van der Waals surface area (Å²) in [5.41, 5.74) is 0.385. The van der Waals surface area contributed by atoms with Gasteiger partial charge in [0.15, 0.2) is 6.29 Å². The molecule has 0 radical (unpaired) electrons. The molecule has 3 aromatic rings. The van der Waals surface area contributed by atoms with Crippen LogP contribution in [0.2, 0.25) is 0 Å². The van der Waals surface area contributed by atoms with Gasteiger partial charge in [-0.2, -0.15) is 13.2 Å². The summed E-state index contributed by atoms with van der Waals surface area (Å²) in [7, 11) is 0. The molecular formula is C19H21F3N4O3. The standard InChI is InChI=1S/C18H17F3N4O3.CH4/c1-9-5-11-10(2)7-13(23-15(11)12(6-9)18(19,20)21)16-24-25-17(28-16)22-8-14-26-3-4-27-14;/h5-7,14H,3-4,8H2,1-2H3,(H,22,25);1H4. The van der Waals surface area contributed by atoms with Crippen molar-refractivity contribution in [2.75, 3.05) is 25.1 Å². The lowest BCUT2D eigenvalue weighted by Crippen LogP contribution is -2.20. The number of hydrogen-bond donors (Lipinski definition) is 1. The molecule has 0 bridgehead atoms. The molecule has 4 rings (SSSR count). The number of anilines is 1. The highest BCUT2D eigenvalue weighted by Gasteiger charge is 2.34. The van der Waals surface area contributed by atoms with Crippen LogP contribution in [0.15, 0.2) is 22.6 Å². The Balaban J connectivity index is 0.00000240. The van der Waals surface area contributed by atoms with E-state index < -0.39 is 18.0 Å². The van der Waals surface area contributed by atoms with E-state index in [0.29, 0.717) is 36.3 Å². The van der Waals surface area contributed by atoms with Crippen molar-refractivity contribution < 1.29 is 27.1 Å². The summed E-state index contributed by atoms with van der Waals surface area (Å²) < 4.78 is 56.5. The van der Waals surface area contributed by atoms with Crippen molar-refractivity contribution >= 4 is 16.9 Å². The first-order valence-corrected chi connectivity index (χ1v) is 8.61. The number of fused-ring (bicyclic) bond motifs is 1. The smallest absolute Gasteiger partial charge is 0.402 e. The number of hydrogen-bond acceptors (Lipinski definition) is 7. The van der Waals surface area contributed by atoms with Gasteiger partial charge >= 0.3 is 12.2 Å². The highest BCUT2D eigenvalue weighted by atomic mass is 19.4. The maximum atomic E-state index is 13.5. The highest BCUT2D eigenvalue weighted by molar-refractivity contribution is 5.88. The molecule has 1 aromatic carbocycles. The summed E-state index contributed by atoms with van der Waals surface area (Å²) in [5, 5.41) is 11.0. The number of benzene rings is 1. The number of alkyl halides is 3. The second-order valence-electron chi connectivity index (χ2n) is 6.50. The molecule has 1 saturated heterocycles. The van der Waals surface area contributed by atoms with Gasteiger partial charge in [-0.25, -0.2) is 4.98 Å². The number of nitrogens with zero attached hydrogens (tertiary/aromatic N) is 3. The lowest BCUT2D eigenvalue weighted by Gasteiger charge is -2.13. The van der Waals surface area contributed by atoms with Crippen LogP contribution >= 0.6 is 0 Å². The zero-order chi connectivity index (χ0) is 19.9. The van der Waals surface area contributed by atoms with Crippen LogP contribution in [0, 0.1) is 13.8 Å². The fraction of sp³-hybridized carbons (Fsp3) is 0.421. The summed E-state index contributed by atoms with van der Waals surface area (Å²) in [4.78, 5) is 4.17. The van der Waals surface area contributed by atoms with Crippen LogP contribution in [-0.4, -0.2) is 41.2 Å². The Morgan fingerprint density at radius 2 is 1.83 bits per heavy atom. The lowest BCUT2D eigenvalue weighted by atomic mass is 10.0. The van der Waals surface area contributed by atoms with E-state index in [1.165, 1.54) is 0 Å². The number of nitrogens with one attached hydrogen (secondary N) is 1. The van der Waals surface area contributed by atoms with E-state index in [2.05, 4.69) is 20.5 Å². The molecule has 0 saturated carbocycles. The monoisotopic (exact) mass is 410 g/mol. The summed E-state index contributed by atoms with van der Waals surface area (Å²) in [5.74, 6) is 0.0226. The predicted octanol–water partition coefficient (Wildman–Crippen LogP) is 4.34. The molecule has 2 aromatic heterocycles. The number of aryl methyl sites for hydroxylation is 2. The molecule has 29 heavy (non-hydrogen) atoms. The second-order valence-corrected chi connectivity index (χ2v) is 6.50. The largest absolute Gasteiger partial charge is 0.418 e. The van der Waals surface area contributed by atoms with Gasteiger partial charge in [0.05, 0.1) is 30.8 Å². The summed E-state index contributed by atoms with van der Waals surface area (Å²) in [6.07, 6.45) is -4.93. The van der Waals surface area contributed by atoms with Crippen molar-refractivity contribution in [2.45, 2.75) is 33.7 Å². The molecule has 0 unspecified atom stereocenters. The maximum absolute atomic E-state index is 13.5. The number of pyridine rings is 1. The van der Waals surface area contributed by atoms with Gasteiger partial charge in [0, 0.05) is 5.39 Å². The normalized spacial score (nSPS) is 14.9. The number of rotatable bonds is 4. The molecule has 0 aliphatic carbocycles. The van der Waals surface area contributed by atoms with Gasteiger partial charge in [0.1, 0.15) is 5.69 Å². The molecule has 1 aliphatic heterocycles. The average molecular weight is 410 g/mol. The van der Waals surface area contributed by atoms with Gasteiger partial charge in [0.2, 0.25) is 0 Å². The van der Waals surface area contributed by atoms with Crippen molar-refractivity contribution in [3.63, 3.8) is 0 Å².